The number of nitrogens with zero attached hydrogens (tertiary/aromatic N) is 1. The van der Waals surface area contributed by atoms with Gasteiger partial charge in [-0.3, -0.25) is 9.69 Å². The van der Waals surface area contributed by atoms with E-state index in [4.69, 9.17) is 4.74 Å². The van der Waals surface area contributed by atoms with Gasteiger partial charge in [0, 0.05) is 12.1 Å². The van der Waals surface area contributed by atoms with Gasteiger partial charge in [0.15, 0.2) is 0 Å². The summed E-state index contributed by atoms with van der Waals surface area (Å²) in [6, 6.07) is 6.31. The van der Waals surface area contributed by atoms with Crippen LogP contribution in [0.5, 0.6) is 0 Å². The second-order valence-electron chi connectivity index (χ2n) is 4.56. The molecule has 0 saturated carbocycles. The van der Waals surface area contributed by atoms with E-state index in [0.29, 0.717) is 25.1 Å². The van der Waals surface area contributed by atoms with Gasteiger partial charge in [-0.2, -0.15) is 0 Å². The zero-order valence-corrected chi connectivity index (χ0v) is 11.9. The molecule has 0 heterocycles. The normalized spacial score (nSPS) is 12.5. The van der Waals surface area contributed by atoms with Crippen LogP contribution in [0.15, 0.2) is 24.3 Å². The second kappa shape index (κ2) is 7.89. The predicted octanol–water partition coefficient (Wildman–Crippen LogP) is 2.99. The van der Waals surface area contributed by atoms with Gasteiger partial charge in [-0.25, -0.2) is 4.39 Å². The molecule has 0 saturated heterocycles. The molecule has 1 atom stereocenters. The lowest BCUT2D eigenvalue weighted by Crippen LogP contribution is -2.39. The fourth-order valence-corrected chi connectivity index (χ4v) is 2.04. The summed E-state index contributed by atoms with van der Waals surface area (Å²) >= 11 is 0. The highest BCUT2D eigenvalue weighted by atomic mass is 19.1. The van der Waals surface area contributed by atoms with Crippen molar-refractivity contribution in [3.05, 3.63) is 35.6 Å². The Hall–Kier alpha value is -1.42. The van der Waals surface area contributed by atoms with Crippen LogP contribution in [0.3, 0.4) is 0 Å². The summed E-state index contributed by atoms with van der Waals surface area (Å²) in [5, 5.41) is 0. The number of hydrogen-bond acceptors (Lipinski definition) is 3. The third kappa shape index (κ3) is 4.63. The number of esters is 1. The number of carbonyl (C=O) groups excluding carboxylic acids is 1. The van der Waals surface area contributed by atoms with Crippen molar-refractivity contribution in [2.75, 3.05) is 13.7 Å². The van der Waals surface area contributed by atoms with Crippen LogP contribution >= 0.6 is 0 Å². The summed E-state index contributed by atoms with van der Waals surface area (Å²) in [4.78, 5) is 13.7. The molecule has 0 N–H and O–H groups in total. The summed E-state index contributed by atoms with van der Waals surface area (Å²) in [7, 11) is 1.82. The molecule has 0 radical (unpaired) electrons. The van der Waals surface area contributed by atoms with Crippen LogP contribution < -0.4 is 0 Å². The van der Waals surface area contributed by atoms with Crippen LogP contribution in [-0.4, -0.2) is 30.6 Å². The molecule has 0 spiro atoms. The Balaban J connectivity index is 2.74. The van der Waals surface area contributed by atoms with Crippen molar-refractivity contribution in [3.8, 4) is 0 Å². The van der Waals surface area contributed by atoms with Crippen molar-refractivity contribution >= 4 is 5.97 Å². The van der Waals surface area contributed by atoms with E-state index >= 15 is 0 Å². The lowest BCUT2D eigenvalue weighted by Gasteiger charge is -2.26. The van der Waals surface area contributed by atoms with Crippen molar-refractivity contribution in [2.45, 2.75) is 39.3 Å². The molecular formula is C15H22FNO2. The quantitative estimate of drug-likeness (QED) is 0.711. The minimum Gasteiger partial charge on any atom is -0.465 e. The van der Waals surface area contributed by atoms with Crippen LogP contribution in [0.25, 0.3) is 0 Å². The van der Waals surface area contributed by atoms with Crippen molar-refractivity contribution in [2.24, 2.45) is 0 Å². The molecule has 3 nitrogen and oxygen atoms in total. The fraction of sp³-hybridized carbons (Fsp3) is 0.533. The SMILES string of the molecule is CCCC(C(=O)OCC)N(C)Cc1ccccc1F. The Morgan fingerprint density at radius 1 is 1.37 bits per heavy atom. The number of ether oxygens (including phenoxy) is 1. The zero-order chi connectivity index (χ0) is 14.3. The highest BCUT2D eigenvalue weighted by molar-refractivity contribution is 5.75. The van der Waals surface area contributed by atoms with Gasteiger partial charge in [-0.15, -0.1) is 0 Å². The van der Waals surface area contributed by atoms with Crippen molar-refractivity contribution in [3.63, 3.8) is 0 Å². The minimum absolute atomic E-state index is 0.233. The molecule has 1 rings (SSSR count). The summed E-state index contributed by atoms with van der Waals surface area (Å²) < 4.78 is 18.7. The third-order valence-electron chi connectivity index (χ3n) is 3.03. The van der Waals surface area contributed by atoms with Crippen molar-refractivity contribution in [1.82, 2.24) is 4.90 Å². The number of benzene rings is 1. The van der Waals surface area contributed by atoms with Crippen LogP contribution in [0.1, 0.15) is 32.3 Å². The minimum atomic E-state index is -0.315. The van der Waals surface area contributed by atoms with E-state index in [0.717, 1.165) is 6.42 Å². The van der Waals surface area contributed by atoms with Gasteiger partial charge in [0.25, 0.3) is 0 Å². The van der Waals surface area contributed by atoms with E-state index in [1.165, 1.54) is 6.07 Å². The molecular weight excluding hydrogens is 245 g/mol. The van der Waals surface area contributed by atoms with Gasteiger partial charge < -0.3 is 4.74 Å². The Morgan fingerprint density at radius 2 is 2.05 bits per heavy atom. The average molecular weight is 267 g/mol. The van der Waals surface area contributed by atoms with E-state index in [1.807, 2.05) is 18.9 Å². The lowest BCUT2D eigenvalue weighted by molar-refractivity contribution is -0.149. The maximum Gasteiger partial charge on any atom is 0.323 e. The summed E-state index contributed by atoms with van der Waals surface area (Å²) in [6.07, 6.45) is 1.59. The first-order valence-electron chi connectivity index (χ1n) is 6.70. The molecule has 0 aromatic heterocycles. The summed E-state index contributed by atoms with van der Waals surface area (Å²) in [6.45, 7) is 4.57. The second-order valence-corrected chi connectivity index (χ2v) is 4.56. The number of likely N-dealkylation sites (N-methyl/N-ethyl adjacent to an activating group) is 1. The first kappa shape index (κ1) is 15.6. The monoisotopic (exact) mass is 267 g/mol. The van der Waals surface area contributed by atoms with E-state index in [-0.39, 0.29) is 17.8 Å². The Morgan fingerprint density at radius 3 is 2.63 bits per heavy atom. The Kier molecular flexibility index (Phi) is 6.50. The molecule has 1 unspecified atom stereocenters. The van der Waals surface area contributed by atoms with Gasteiger partial charge in [0.1, 0.15) is 11.9 Å². The predicted molar refractivity (Wildman–Crippen MR) is 73.2 cm³/mol. The van der Waals surface area contributed by atoms with Gasteiger partial charge >= 0.3 is 5.97 Å². The molecule has 4 heteroatoms. The Labute approximate surface area is 114 Å². The standard InChI is InChI=1S/C15H22FNO2/c1-4-8-14(15(18)19-5-2)17(3)11-12-9-6-7-10-13(12)16/h6-7,9-10,14H,4-5,8,11H2,1-3H3. The fourth-order valence-electron chi connectivity index (χ4n) is 2.04. The smallest absolute Gasteiger partial charge is 0.323 e. The van der Waals surface area contributed by atoms with Gasteiger partial charge in [0.05, 0.1) is 6.61 Å². The van der Waals surface area contributed by atoms with Crippen molar-refractivity contribution < 1.29 is 13.9 Å². The molecule has 0 fully saturated rings. The van der Waals surface area contributed by atoms with E-state index in [9.17, 15) is 9.18 Å². The topological polar surface area (TPSA) is 29.5 Å². The van der Waals surface area contributed by atoms with Gasteiger partial charge in [-0.05, 0) is 26.5 Å². The molecule has 0 amide bonds. The maximum absolute atomic E-state index is 13.6. The number of carbonyl (C=O) groups is 1. The third-order valence-corrected chi connectivity index (χ3v) is 3.03. The first-order valence-corrected chi connectivity index (χ1v) is 6.70. The first-order chi connectivity index (χ1) is 9.10. The molecule has 1 aromatic carbocycles. The molecule has 106 valence electrons. The zero-order valence-electron chi connectivity index (χ0n) is 11.9. The van der Waals surface area contributed by atoms with Crippen molar-refractivity contribution in [1.29, 1.82) is 0 Å². The number of rotatable bonds is 7. The number of halogens is 1. The van der Waals surface area contributed by atoms with E-state index < -0.39 is 0 Å². The highest BCUT2D eigenvalue weighted by Gasteiger charge is 2.24. The van der Waals surface area contributed by atoms with Crippen LogP contribution in [-0.2, 0) is 16.1 Å². The highest BCUT2D eigenvalue weighted by Crippen LogP contribution is 2.14. The van der Waals surface area contributed by atoms with Gasteiger partial charge in [-0.1, -0.05) is 31.5 Å². The molecule has 1 aromatic rings. The van der Waals surface area contributed by atoms with Gasteiger partial charge in [0.2, 0.25) is 0 Å². The number of hydrogen-bond donors (Lipinski definition) is 0. The maximum atomic E-state index is 13.6. The molecule has 0 bridgehead atoms. The van der Waals surface area contributed by atoms with E-state index in [2.05, 4.69) is 0 Å². The largest absolute Gasteiger partial charge is 0.465 e. The van der Waals surface area contributed by atoms with E-state index in [1.54, 1.807) is 25.1 Å². The lowest BCUT2D eigenvalue weighted by atomic mass is 10.1. The Bertz CT molecular complexity index is 409. The van der Waals surface area contributed by atoms with Crippen LogP contribution in [0.2, 0.25) is 0 Å². The summed E-state index contributed by atoms with van der Waals surface area (Å²) in [5.74, 6) is -0.475. The van der Waals surface area contributed by atoms with Crippen LogP contribution in [0.4, 0.5) is 4.39 Å². The molecule has 0 aliphatic rings. The average Bonchev–Trinajstić information content (AvgIpc) is 2.38. The van der Waals surface area contributed by atoms with Crippen LogP contribution in [0, 0.1) is 5.82 Å². The molecule has 0 aliphatic heterocycles. The molecule has 0 aliphatic carbocycles. The molecule has 19 heavy (non-hydrogen) atoms. The summed E-state index contributed by atoms with van der Waals surface area (Å²) in [5.41, 5.74) is 0.593.